The monoisotopic (exact) mass is 341 g/mol. The zero-order valence-corrected chi connectivity index (χ0v) is 18.3. The molecule has 0 fully saturated rings. The molecule has 0 heterocycles. The van der Waals surface area contributed by atoms with Gasteiger partial charge in [-0.05, 0) is 12.8 Å². The van der Waals surface area contributed by atoms with E-state index in [1.807, 2.05) is 11.8 Å². The summed E-state index contributed by atoms with van der Waals surface area (Å²) in [7, 11) is 0. The van der Waals surface area contributed by atoms with E-state index >= 15 is 0 Å². The number of hydrogen-bond acceptors (Lipinski definition) is 2. The molecule has 0 amide bonds. The summed E-state index contributed by atoms with van der Waals surface area (Å²) in [5.41, 5.74) is 0. The van der Waals surface area contributed by atoms with E-state index in [4.69, 9.17) is 12.2 Å². The quantitative estimate of drug-likeness (QED) is 0.295. The van der Waals surface area contributed by atoms with Crippen LogP contribution in [0.15, 0.2) is 0 Å². The Labute approximate surface area is 167 Å². The second kappa shape index (κ2) is 21.2. The molecule has 0 aliphatic heterocycles. The van der Waals surface area contributed by atoms with Gasteiger partial charge in [-0.3, -0.25) is 0 Å². The first-order valence-corrected chi connectivity index (χ1v) is 10.1. The van der Waals surface area contributed by atoms with Crippen molar-refractivity contribution in [2.24, 2.45) is 0 Å². The Kier molecular flexibility index (Phi) is 24.8. The second-order valence-corrected chi connectivity index (χ2v) is 7.37. The van der Waals surface area contributed by atoms with E-state index in [0.717, 1.165) is 10.9 Å². The second-order valence-electron chi connectivity index (χ2n) is 5.60. The number of rotatable bonds is 14. The van der Waals surface area contributed by atoms with Gasteiger partial charge in [0.25, 0.3) is 0 Å². The van der Waals surface area contributed by atoms with Gasteiger partial charge in [0.05, 0.1) is 0 Å². The van der Waals surface area contributed by atoms with Crippen molar-refractivity contribution in [1.29, 1.82) is 0 Å². The smallest absolute Gasteiger partial charge is 1.00 e. The van der Waals surface area contributed by atoms with E-state index in [-0.39, 0.29) is 31.0 Å². The molecule has 0 radical (unpaired) electrons. The van der Waals surface area contributed by atoms with Crippen LogP contribution < -0.4 is 34.9 Å². The van der Waals surface area contributed by atoms with E-state index in [0.29, 0.717) is 0 Å². The Morgan fingerprint density at radius 1 is 0.810 bits per heavy atom. The van der Waals surface area contributed by atoms with Gasteiger partial charge in [-0.15, -0.1) is 0 Å². The zero-order valence-electron chi connectivity index (χ0n) is 15.7. The van der Waals surface area contributed by atoms with Crippen LogP contribution in [-0.4, -0.2) is 16.6 Å². The summed E-state index contributed by atoms with van der Waals surface area (Å²) in [4.78, 5) is 0. The first-order valence-electron chi connectivity index (χ1n) is 8.71. The van der Waals surface area contributed by atoms with Gasteiger partial charge in [0.1, 0.15) is 4.32 Å². The molecule has 0 aromatic rings. The molecular formula is C17H36NNaS2. The van der Waals surface area contributed by atoms with Gasteiger partial charge >= 0.3 is 29.6 Å². The summed E-state index contributed by atoms with van der Waals surface area (Å²) in [5.74, 6) is 1.19. The van der Waals surface area contributed by atoms with Crippen molar-refractivity contribution in [2.75, 3.05) is 12.3 Å². The summed E-state index contributed by atoms with van der Waals surface area (Å²) in [6.07, 6.45) is 16.3. The molecule has 0 unspecified atom stereocenters. The van der Waals surface area contributed by atoms with Crippen LogP contribution >= 0.6 is 24.0 Å². The van der Waals surface area contributed by atoms with E-state index in [9.17, 15) is 0 Å². The predicted molar refractivity (Wildman–Crippen MR) is 101 cm³/mol. The van der Waals surface area contributed by atoms with Crippen molar-refractivity contribution in [2.45, 2.75) is 90.9 Å². The molecule has 0 aliphatic carbocycles. The van der Waals surface area contributed by atoms with Crippen molar-refractivity contribution < 1.29 is 31.0 Å². The van der Waals surface area contributed by atoms with Crippen LogP contribution in [0.2, 0.25) is 0 Å². The third kappa shape index (κ3) is 21.2. The van der Waals surface area contributed by atoms with Crippen LogP contribution in [0.4, 0.5) is 0 Å². The molecule has 0 saturated carbocycles. The molecule has 0 aliphatic rings. The molecule has 0 aromatic carbocycles. The Balaban J connectivity index is -0.00000180. The van der Waals surface area contributed by atoms with Crippen LogP contribution in [0.25, 0.3) is 0 Å². The van der Waals surface area contributed by atoms with Crippen LogP contribution in [0.5, 0.6) is 0 Å². The Morgan fingerprint density at radius 3 is 1.86 bits per heavy atom. The normalized spacial score (nSPS) is 10.2. The minimum Gasteiger partial charge on any atom is -1.00 e. The SMILES string of the molecule is CCCCCCCCNC(=S)SCCCCCCCC.[H-].[Na+]. The zero-order chi connectivity index (χ0) is 14.9. The van der Waals surface area contributed by atoms with Gasteiger partial charge in [0.15, 0.2) is 0 Å². The van der Waals surface area contributed by atoms with E-state index in [1.165, 1.54) is 82.8 Å². The van der Waals surface area contributed by atoms with Gasteiger partial charge < -0.3 is 6.74 Å². The number of nitrogens with one attached hydrogen (secondary N) is 1. The van der Waals surface area contributed by atoms with Crippen LogP contribution in [0.1, 0.15) is 92.3 Å². The van der Waals surface area contributed by atoms with Gasteiger partial charge in [-0.2, -0.15) is 0 Å². The molecule has 0 spiro atoms. The number of hydrogen-bond donors (Lipinski definition) is 1. The van der Waals surface area contributed by atoms with Gasteiger partial charge in [0.2, 0.25) is 0 Å². The maximum absolute atomic E-state index is 5.35. The Morgan fingerprint density at radius 2 is 1.29 bits per heavy atom. The summed E-state index contributed by atoms with van der Waals surface area (Å²) in [5, 5.41) is 3.38. The Bertz CT molecular complexity index is 199. The maximum atomic E-state index is 5.35. The standard InChI is InChI=1S/C17H35NS2.Na.H/c1-3-5-7-9-11-13-15-18-17(19)20-16-14-12-10-8-6-4-2;;/h3-16H2,1-2H3,(H,18,19);;/q;+1;-1. The van der Waals surface area contributed by atoms with Crippen LogP contribution in [-0.2, 0) is 0 Å². The molecule has 4 heteroatoms. The van der Waals surface area contributed by atoms with E-state index < -0.39 is 0 Å². The fraction of sp³-hybridized carbons (Fsp3) is 0.941. The topological polar surface area (TPSA) is 12.0 Å². The van der Waals surface area contributed by atoms with Gasteiger partial charge in [0, 0.05) is 12.3 Å². The molecule has 0 atom stereocenters. The van der Waals surface area contributed by atoms with Crippen LogP contribution in [0.3, 0.4) is 0 Å². The largest absolute Gasteiger partial charge is 1.00 e. The fourth-order valence-electron chi connectivity index (χ4n) is 2.19. The maximum Gasteiger partial charge on any atom is 1.00 e. The summed E-state index contributed by atoms with van der Waals surface area (Å²) >= 11 is 7.18. The average molecular weight is 342 g/mol. The first kappa shape index (κ1) is 24.5. The average Bonchev–Trinajstić information content (AvgIpc) is 2.45. The minimum absolute atomic E-state index is 0. The molecule has 0 rings (SSSR count). The van der Waals surface area contributed by atoms with Crippen molar-refractivity contribution in [3.05, 3.63) is 0 Å². The molecule has 0 aromatic heterocycles. The van der Waals surface area contributed by atoms with Crippen LogP contribution in [0, 0.1) is 0 Å². The number of unbranched alkanes of at least 4 members (excludes halogenated alkanes) is 10. The third-order valence-corrected chi connectivity index (χ3v) is 4.93. The summed E-state index contributed by atoms with van der Waals surface area (Å²) < 4.78 is 1.01. The molecule has 0 bridgehead atoms. The minimum atomic E-state index is 0. The van der Waals surface area contributed by atoms with Crippen molar-refractivity contribution in [3.63, 3.8) is 0 Å². The predicted octanol–water partition coefficient (Wildman–Crippen LogP) is 3.43. The van der Waals surface area contributed by atoms with Gasteiger partial charge in [-0.1, -0.05) is 102 Å². The molecule has 21 heavy (non-hydrogen) atoms. The molecular weight excluding hydrogens is 305 g/mol. The van der Waals surface area contributed by atoms with Gasteiger partial charge in [-0.25, -0.2) is 0 Å². The van der Waals surface area contributed by atoms with Crippen molar-refractivity contribution in [3.8, 4) is 0 Å². The van der Waals surface area contributed by atoms with Crippen molar-refractivity contribution >= 4 is 28.3 Å². The van der Waals surface area contributed by atoms with E-state index in [1.54, 1.807) is 0 Å². The molecule has 1 nitrogen and oxygen atoms in total. The summed E-state index contributed by atoms with van der Waals surface area (Å²) in [6, 6.07) is 0. The third-order valence-electron chi connectivity index (χ3n) is 3.53. The molecule has 1 N–H and O–H groups in total. The number of thioether (sulfide) groups is 1. The molecule has 0 saturated heterocycles. The summed E-state index contributed by atoms with van der Waals surface area (Å²) in [6.45, 7) is 5.60. The first-order chi connectivity index (χ1) is 9.81. The van der Waals surface area contributed by atoms with E-state index in [2.05, 4.69) is 19.2 Å². The van der Waals surface area contributed by atoms with Crippen molar-refractivity contribution in [1.82, 2.24) is 5.32 Å². The number of thiocarbonyl (C=S) groups is 1. The molecule has 122 valence electrons. The fourth-order valence-corrected chi connectivity index (χ4v) is 3.28. The Hall–Kier alpha value is 1.24.